The van der Waals surface area contributed by atoms with Crippen LogP contribution in [-0.2, 0) is 16.2 Å². The second kappa shape index (κ2) is 10.2. The normalized spacial score (nSPS) is 16.1. The minimum Gasteiger partial charge on any atom is -0.247 e. The van der Waals surface area contributed by atoms with E-state index in [1.54, 1.807) is 0 Å². The molecule has 4 heterocycles. The molecule has 3 aromatic carbocycles. The Kier molecular flexibility index (Phi) is 6.00. The predicted molar refractivity (Wildman–Crippen MR) is 207 cm³/mol. The summed E-state index contributed by atoms with van der Waals surface area (Å²) in [5, 5.41) is 0. The molecule has 246 valence electrons. The molecule has 0 bridgehead atoms. The molecule has 51 heavy (non-hydrogen) atoms. The van der Waals surface area contributed by atoms with E-state index in [-0.39, 0.29) is 16.2 Å². The van der Waals surface area contributed by atoms with Crippen molar-refractivity contribution >= 4 is 0 Å². The quantitative estimate of drug-likeness (QED) is 0.190. The van der Waals surface area contributed by atoms with Gasteiger partial charge in [0.2, 0.25) is 0 Å². The van der Waals surface area contributed by atoms with Gasteiger partial charge in [0.15, 0.2) is 0 Å². The third-order valence-corrected chi connectivity index (χ3v) is 11.9. The molecule has 0 radical (unpaired) electrons. The van der Waals surface area contributed by atoms with Crippen LogP contribution in [0.1, 0.15) is 74.9 Å². The summed E-state index contributed by atoms with van der Waals surface area (Å²) >= 11 is 0. The van der Waals surface area contributed by atoms with E-state index >= 15 is 0 Å². The van der Waals surface area contributed by atoms with Gasteiger partial charge in [-0.2, -0.15) is 0 Å². The van der Waals surface area contributed by atoms with E-state index in [1.807, 2.05) is 0 Å². The van der Waals surface area contributed by atoms with Gasteiger partial charge in [0.05, 0.1) is 45.6 Å². The van der Waals surface area contributed by atoms with Gasteiger partial charge in [0.1, 0.15) is 0 Å². The smallest absolute Gasteiger partial charge is 0.0901 e. The number of benzene rings is 3. The number of hydrogen-bond acceptors (Lipinski definition) is 4. The largest absolute Gasteiger partial charge is 0.247 e. The summed E-state index contributed by atoms with van der Waals surface area (Å²) in [4.78, 5) is 21.4. The van der Waals surface area contributed by atoms with Gasteiger partial charge in [-0.3, -0.25) is 0 Å². The molecule has 0 spiro atoms. The maximum atomic E-state index is 5.37. The Bertz CT molecular complexity index is 2330. The zero-order valence-electron chi connectivity index (χ0n) is 29.8. The van der Waals surface area contributed by atoms with Crippen LogP contribution in [0, 0.1) is 0 Å². The number of aromatic nitrogens is 4. The highest BCUT2D eigenvalue weighted by Crippen LogP contribution is 2.51. The summed E-state index contributed by atoms with van der Waals surface area (Å²) in [5.74, 6) is 0. The summed E-state index contributed by atoms with van der Waals surface area (Å²) in [6, 6.07) is 43.4. The minimum absolute atomic E-state index is 0.108. The molecule has 0 unspecified atom stereocenters. The average molecular weight is 659 g/mol. The van der Waals surface area contributed by atoms with Gasteiger partial charge in [-0.15, -0.1) is 0 Å². The summed E-state index contributed by atoms with van der Waals surface area (Å²) in [6.45, 7) is 13.7. The van der Waals surface area contributed by atoms with E-state index in [0.29, 0.717) is 0 Å². The molecule has 3 aliphatic carbocycles. The first-order chi connectivity index (χ1) is 24.5. The van der Waals surface area contributed by atoms with Gasteiger partial charge in [0.25, 0.3) is 0 Å². The van der Waals surface area contributed by atoms with E-state index in [9.17, 15) is 0 Å². The molecule has 4 aromatic heterocycles. The van der Waals surface area contributed by atoms with Gasteiger partial charge in [-0.1, -0.05) is 133 Å². The predicted octanol–water partition coefficient (Wildman–Crippen LogP) is 11.2. The molecule has 0 N–H and O–H groups in total. The highest BCUT2D eigenvalue weighted by Gasteiger charge is 2.39. The molecule has 10 rings (SSSR count). The summed E-state index contributed by atoms with van der Waals surface area (Å²) in [5.41, 5.74) is 19.2. The maximum absolute atomic E-state index is 5.37. The minimum atomic E-state index is -0.116. The molecule has 0 aliphatic heterocycles. The molecule has 0 saturated heterocycles. The van der Waals surface area contributed by atoms with Crippen molar-refractivity contribution in [1.82, 2.24) is 19.9 Å². The molecule has 3 aliphatic rings. The molecular formula is C47H38N4. The van der Waals surface area contributed by atoms with Crippen LogP contribution in [0.25, 0.3) is 67.8 Å². The molecule has 4 heteroatoms. The first-order valence-electron chi connectivity index (χ1n) is 17.9. The highest BCUT2D eigenvalue weighted by atomic mass is 14.8. The Hall–Kier alpha value is -5.74. The Morgan fingerprint density at radius 2 is 0.647 bits per heavy atom. The van der Waals surface area contributed by atoms with Gasteiger partial charge >= 0.3 is 0 Å². The van der Waals surface area contributed by atoms with E-state index < -0.39 is 0 Å². The topological polar surface area (TPSA) is 51.6 Å². The Morgan fingerprint density at radius 1 is 0.314 bits per heavy atom. The standard InChI is InChI=1S/C47H38N4/c1-45(2)31-16-10-7-13-28(31)42-34(45)19-22-37(49-42)27-25-40(38-23-20-35-43(50-38)29-14-8-11-17-32(29)46(35,3)4)48-41(26-27)39-24-21-36-44(51-39)30-15-9-12-18-33(30)47(36,5)6/h7-26H,1-6H3. The summed E-state index contributed by atoms with van der Waals surface area (Å²) < 4.78 is 0. The lowest BCUT2D eigenvalue weighted by Crippen LogP contribution is -2.15. The van der Waals surface area contributed by atoms with E-state index in [0.717, 1.165) is 51.1 Å². The van der Waals surface area contributed by atoms with Gasteiger partial charge in [-0.25, -0.2) is 19.9 Å². The fourth-order valence-corrected chi connectivity index (χ4v) is 9.03. The fraction of sp³-hybridized carbons (Fsp3) is 0.191. The van der Waals surface area contributed by atoms with Crippen molar-refractivity contribution in [3.05, 3.63) is 155 Å². The number of hydrogen-bond donors (Lipinski definition) is 0. The van der Waals surface area contributed by atoms with E-state index in [1.165, 1.54) is 50.1 Å². The third-order valence-electron chi connectivity index (χ3n) is 11.9. The fourth-order valence-electron chi connectivity index (χ4n) is 9.03. The zero-order chi connectivity index (χ0) is 34.9. The molecule has 0 saturated carbocycles. The monoisotopic (exact) mass is 658 g/mol. The molecule has 4 nitrogen and oxygen atoms in total. The van der Waals surface area contributed by atoms with Crippen LogP contribution in [0.2, 0.25) is 0 Å². The number of pyridine rings is 4. The lowest BCUT2D eigenvalue weighted by atomic mass is 9.83. The van der Waals surface area contributed by atoms with Gasteiger partial charge in [0, 0.05) is 38.5 Å². The van der Waals surface area contributed by atoms with Crippen molar-refractivity contribution < 1.29 is 0 Å². The summed E-state index contributed by atoms with van der Waals surface area (Å²) in [7, 11) is 0. The lowest BCUT2D eigenvalue weighted by Gasteiger charge is -2.21. The SMILES string of the molecule is CC1(C)c2ccccc2-c2nc(-c3cc(-c4ccc5c(n4)-c4ccccc4C5(C)C)nc(-c4ccc5c(n4)-c4ccccc4C5(C)C)c3)ccc21. The molecular weight excluding hydrogens is 621 g/mol. The van der Waals surface area contributed by atoms with Crippen LogP contribution in [0.4, 0.5) is 0 Å². The third kappa shape index (κ3) is 4.14. The Morgan fingerprint density at radius 3 is 1.04 bits per heavy atom. The molecule has 0 atom stereocenters. The zero-order valence-corrected chi connectivity index (χ0v) is 29.8. The van der Waals surface area contributed by atoms with Crippen LogP contribution in [-0.4, -0.2) is 19.9 Å². The average Bonchev–Trinajstić information content (AvgIpc) is 3.64. The Balaban J connectivity index is 1.18. The number of fused-ring (bicyclic) bond motifs is 9. The van der Waals surface area contributed by atoms with Crippen LogP contribution in [0.3, 0.4) is 0 Å². The Labute approximate surface area is 299 Å². The van der Waals surface area contributed by atoms with Crippen molar-refractivity contribution in [2.45, 2.75) is 57.8 Å². The van der Waals surface area contributed by atoms with E-state index in [4.69, 9.17) is 19.9 Å². The lowest BCUT2D eigenvalue weighted by molar-refractivity contribution is 0.659. The van der Waals surface area contributed by atoms with Crippen molar-refractivity contribution in [1.29, 1.82) is 0 Å². The van der Waals surface area contributed by atoms with Crippen molar-refractivity contribution in [2.75, 3.05) is 0 Å². The highest BCUT2D eigenvalue weighted by molar-refractivity contribution is 5.84. The number of nitrogens with zero attached hydrogens (tertiary/aromatic N) is 4. The van der Waals surface area contributed by atoms with Gasteiger partial charge in [-0.05, 0) is 63.7 Å². The van der Waals surface area contributed by atoms with Crippen molar-refractivity contribution in [3.8, 4) is 67.8 Å². The van der Waals surface area contributed by atoms with E-state index in [2.05, 4.69) is 163 Å². The molecule has 7 aromatic rings. The van der Waals surface area contributed by atoms with Crippen molar-refractivity contribution in [2.24, 2.45) is 0 Å². The van der Waals surface area contributed by atoms with Crippen LogP contribution < -0.4 is 0 Å². The second-order valence-corrected chi connectivity index (χ2v) is 15.9. The maximum Gasteiger partial charge on any atom is 0.0901 e. The van der Waals surface area contributed by atoms with Gasteiger partial charge < -0.3 is 0 Å². The summed E-state index contributed by atoms with van der Waals surface area (Å²) in [6.07, 6.45) is 0. The molecule has 0 amide bonds. The first kappa shape index (κ1) is 30.1. The number of rotatable bonds is 3. The van der Waals surface area contributed by atoms with Crippen LogP contribution in [0.5, 0.6) is 0 Å². The first-order valence-corrected chi connectivity index (χ1v) is 17.9. The van der Waals surface area contributed by atoms with Crippen LogP contribution in [0.15, 0.2) is 121 Å². The second-order valence-electron chi connectivity index (χ2n) is 15.9. The van der Waals surface area contributed by atoms with Crippen LogP contribution >= 0.6 is 0 Å². The van der Waals surface area contributed by atoms with Crippen molar-refractivity contribution in [3.63, 3.8) is 0 Å². The molecule has 0 fully saturated rings.